The number of thioether (sulfide) groups is 2. The van der Waals surface area contributed by atoms with Crippen molar-refractivity contribution >= 4 is 42.2 Å². The summed E-state index contributed by atoms with van der Waals surface area (Å²) >= 11 is 3.31. The zero-order chi connectivity index (χ0) is 24.1. The second-order valence-corrected chi connectivity index (χ2v) is 9.81. The molecule has 0 aromatic heterocycles. The van der Waals surface area contributed by atoms with E-state index in [0.717, 1.165) is 28.2 Å². The van der Waals surface area contributed by atoms with Crippen molar-refractivity contribution in [1.29, 1.82) is 0 Å². The first-order chi connectivity index (χ1) is 16.1. The molecule has 1 aliphatic carbocycles. The summed E-state index contributed by atoms with van der Waals surface area (Å²) in [5.74, 6) is 2.87. The molecule has 8 heteroatoms. The van der Waals surface area contributed by atoms with E-state index < -0.39 is 0 Å². The Morgan fingerprint density at radius 3 is 2.30 bits per heavy atom. The third kappa shape index (κ3) is 8.37. The van der Waals surface area contributed by atoms with Gasteiger partial charge in [-0.2, -0.15) is 0 Å². The van der Waals surface area contributed by atoms with E-state index in [9.17, 15) is 4.79 Å². The van der Waals surface area contributed by atoms with Gasteiger partial charge in [-0.25, -0.2) is 0 Å². The molecule has 0 radical (unpaired) electrons. The van der Waals surface area contributed by atoms with E-state index >= 15 is 0 Å². The molecule has 0 spiro atoms. The Hall–Kier alpha value is -2.00. The normalized spacial score (nSPS) is 14.2. The van der Waals surface area contributed by atoms with Crippen molar-refractivity contribution < 1.29 is 14.3 Å². The zero-order valence-corrected chi connectivity index (χ0v) is 21.3. The largest absolute Gasteiger partial charge is 0.493 e. The molecule has 6 nitrogen and oxygen atoms in total. The van der Waals surface area contributed by atoms with Crippen LogP contribution < -0.4 is 20.5 Å². The van der Waals surface area contributed by atoms with Gasteiger partial charge < -0.3 is 25.3 Å². The number of ether oxygens (including phenoxy) is 2. The van der Waals surface area contributed by atoms with Gasteiger partial charge in [0, 0.05) is 27.8 Å². The lowest BCUT2D eigenvalue weighted by atomic mass is 10.1. The van der Waals surface area contributed by atoms with Crippen LogP contribution in [0.4, 0.5) is 5.69 Å². The predicted molar refractivity (Wildman–Crippen MR) is 141 cm³/mol. The van der Waals surface area contributed by atoms with Crippen molar-refractivity contribution in [3.8, 4) is 11.5 Å². The van der Waals surface area contributed by atoms with E-state index in [1.54, 1.807) is 20.3 Å². The maximum Gasteiger partial charge on any atom is 0.162 e. The summed E-state index contributed by atoms with van der Waals surface area (Å²) in [5, 5.41) is 3.46. The maximum atomic E-state index is 11.2. The quantitative estimate of drug-likeness (QED) is 0.183. The Labute approximate surface area is 206 Å². The first-order valence-corrected chi connectivity index (χ1v) is 13.1. The number of hydrogen-bond acceptors (Lipinski definition) is 8. The van der Waals surface area contributed by atoms with E-state index in [0.29, 0.717) is 23.4 Å². The molecule has 1 fully saturated rings. The highest BCUT2D eigenvalue weighted by molar-refractivity contribution is 7.99. The van der Waals surface area contributed by atoms with Gasteiger partial charge in [0.15, 0.2) is 11.5 Å². The Balaban J connectivity index is 0.000000238. The molecule has 0 bridgehead atoms. The fourth-order valence-corrected chi connectivity index (χ4v) is 4.98. The van der Waals surface area contributed by atoms with Crippen LogP contribution in [0.5, 0.6) is 11.5 Å². The molecule has 0 amide bonds. The zero-order valence-electron chi connectivity index (χ0n) is 19.7. The Kier molecular flexibility index (Phi) is 12.4. The summed E-state index contributed by atoms with van der Waals surface area (Å²) < 4.78 is 10.3. The first-order valence-electron chi connectivity index (χ1n) is 11.1. The summed E-state index contributed by atoms with van der Waals surface area (Å²) in [6.45, 7) is 5.65. The first kappa shape index (κ1) is 27.2. The fourth-order valence-electron chi connectivity index (χ4n) is 3.68. The van der Waals surface area contributed by atoms with Crippen LogP contribution >= 0.6 is 23.5 Å². The van der Waals surface area contributed by atoms with Gasteiger partial charge in [0.25, 0.3) is 0 Å². The minimum atomic E-state index is -0.145. The molecular formula is C25H35N3O3S2. The van der Waals surface area contributed by atoms with Crippen molar-refractivity contribution in [1.82, 2.24) is 5.32 Å². The molecule has 180 valence electrons. The van der Waals surface area contributed by atoms with Gasteiger partial charge in [-0.1, -0.05) is 31.9 Å². The van der Waals surface area contributed by atoms with E-state index in [-0.39, 0.29) is 6.04 Å². The molecule has 3 rings (SSSR count). The number of nitrogens with one attached hydrogen (secondary N) is 1. The summed E-state index contributed by atoms with van der Waals surface area (Å²) in [5.41, 5.74) is 7.31. The third-order valence-electron chi connectivity index (χ3n) is 5.33. The van der Waals surface area contributed by atoms with E-state index in [1.165, 1.54) is 42.3 Å². The molecule has 1 saturated carbocycles. The number of hydrogen-bond donors (Lipinski definition) is 2. The molecule has 0 aliphatic heterocycles. The van der Waals surface area contributed by atoms with Gasteiger partial charge >= 0.3 is 0 Å². The molecule has 1 atom stereocenters. The van der Waals surface area contributed by atoms with Crippen molar-refractivity contribution in [2.24, 2.45) is 10.7 Å². The topological polar surface area (TPSA) is 85.9 Å². The molecule has 1 unspecified atom stereocenters. The Morgan fingerprint density at radius 1 is 1.15 bits per heavy atom. The number of rotatable bonds is 11. The summed E-state index contributed by atoms with van der Waals surface area (Å²) in [6.07, 6.45) is 6.01. The number of aldehydes is 1. The molecule has 2 aromatic carbocycles. The second kappa shape index (κ2) is 15.0. The van der Waals surface area contributed by atoms with Crippen LogP contribution in [0.1, 0.15) is 44.2 Å². The van der Waals surface area contributed by atoms with Gasteiger partial charge in [0.1, 0.15) is 6.29 Å². The highest BCUT2D eigenvalue weighted by Gasteiger charge is 2.19. The highest BCUT2D eigenvalue weighted by Crippen LogP contribution is 2.39. The molecule has 0 heterocycles. The van der Waals surface area contributed by atoms with Crippen molar-refractivity contribution in [2.75, 3.05) is 25.8 Å². The Morgan fingerprint density at radius 2 is 1.79 bits per heavy atom. The number of nitrogens with zero attached hydrogens (tertiary/aromatic N) is 1. The summed E-state index contributed by atoms with van der Waals surface area (Å²) in [4.78, 5) is 17.4. The lowest BCUT2D eigenvalue weighted by molar-refractivity contribution is -0.109. The van der Waals surface area contributed by atoms with E-state index in [1.807, 2.05) is 17.8 Å². The highest BCUT2D eigenvalue weighted by atomic mass is 32.2. The maximum absolute atomic E-state index is 11.2. The lowest BCUT2D eigenvalue weighted by Gasteiger charge is -2.18. The van der Waals surface area contributed by atoms with Gasteiger partial charge in [-0.3, -0.25) is 4.99 Å². The number of aliphatic imine (C=N–C) groups is 1. The number of carbonyl (C=O) groups is 1. The third-order valence-corrected chi connectivity index (χ3v) is 7.03. The van der Waals surface area contributed by atoms with Gasteiger partial charge in [0.2, 0.25) is 0 Å². The average Bonchev–Trinajstić information content (AvgIpc) is 3.37. The standard InChI is InChI=1S/C15H21NOS.C10H14N2O2S/c1-2-18-14-9-7-12(8-10-14)15(11-17)16-13-5-3-4-6-13;1-12-7-4-8(13-2)9(14-3)5-10(7)15-6-11/h7-11,13,15-16H,2-6H2,1H3;4-5H,1,6,11H2,2-3H3. The molecule has 2 aromatic rings. The minimum absolute atomic E-state index is 0.145. The van der Waals surface area contributed by atoms with E-state index in [4.69, 9.17) is 15.2 Å². The molecule has 0 saturated heterocycles. The number of nitrogens with two attached hydrogens (primary N) is 1. The van der Waals surface area contributed by atoms with Gasteiger partial charge in [-0.15, -0.1) is 23.5 Å². The van der Waals surface area contributed by atoms with Gasteiger partial charge in [0.05, 0.1) is 25.9 Å². The lowest BCUT2D eigenvalue weighted by Crippen LogP contribution is -2.31. The Bertz CT molecular complexity index is 872. The number of carbonyl (C=O) groups excluding carboxylic acids is 1. The van der Waals surface area contributed by atoms with Crippen molar-refractivity contribution in [3.05, 3.63) is 42.0 Å². The fraction of sp³-hybridized carbons (Fsp3) is 0.440. The van der Waals surface area contributed by atoms with Crippen LogP contribution in [0, 0.1) is 0 Å². The SMILES string of the molecule is C=Nc1cc(OC)c(OC)cc1SCN.CCSc1ccc(C(C=O)NC2CCCC2)cc1. The minimum Gasteiger partial charge on any atom is -0.493 e. The average molecular weight is 490 g/mol. The molecule has 1 aliphatic rings. The van der Waals surface area contributed by atoms with Crippen molar-refractivity contribution in [3.63, 3.8) is 0 Å². The van der Waals surface area contributed by atoms with Crippen LogP contribution in [-0.2, 0) is 4.79 Å². The van der Waals surface area contributed by atoms with Crippen LogP contribution in [-0.4, -0.2) is 44.9 Å². The number of benzene rings is 2. The monoisotopic (exact) mass is 489 g/mol. The van der Waals surface area contributed by atoms with Crippen LogP contribution in [0.3, 0.4) is 0 Å². The second-order valence-electron chi connectivity index (χ2n) is 7.41. The van der Waals surface area contributed by atoms with Gasteiger partial charge in [-0.05, 0) is 49.1 Å². The van der Waals surface area contributed by atoms with Crippen LogP contribution in [0.15, 0.2) is 51.2 Å². The van der Waals surface area contributed by atoms with E-state index in [2.05, 4.69) is 48.2 Å². The molecular weight excluding hydrogens is 454 g/mol. The predicted octanol–water partition coefficient (Wildman–Crippen LogP) is 5.62. The van der Waals surface area contributed by atoms with Crippen molar-refractivity contribution in [2.45, 2.75) is 54.5 Å². The molecule has 3 N–H and O–H groups in total. The smallest absolute Gasteiger partial charge is 0.162 e. The summed E-state index contributed by atoms with van der Waals surface area (Å²) in [7, 11) is 3.18. The van der Waals surface area contributed by atoms with Crippen LogP contribution in [0.25, 0.3) is 0 Å². The number of methoxy groups -OCH3 is 2. The molecule has 33 heavy (non-hydrogen) atoms. The summed E-state index contributed by atoms with van der Waals surface area (Å²) in [6, 6.07) is 12.4. The van der Waals surface area contributed by atoms with Crippen LogP contribution in [0.2, 0.25) is 0 Å².